The molecule has 6 heteroatoms. The van der Waals surface area contributed by atoms with Crippen LogP contribution in [0.3, 0.4) is 0 Å². The number of carboxylic acids is 1. The van der Waals surface area contributed by atoms with Crippen molar-refractivity contribution in [1.29, 1.82) is 0 Å². The van der Waals surface area contributed by atoms with Gasteiger partial charge in [0.05, 0.1) is 5.92 Å². The van der Waals surface area contributed by atoms with Crippen LogP contribution in [0.4, 0.5) is 4.79 Å². The predicted octanol–water partition coefficient (Wildman–Crippen LogP) is 2.57. The fourth-order valence-electron chi connectivity index (χ4n) is 3.74. The molecule has 6 nitrogen and oxygen atoms in total. The fourth-order valence-corrected chi connectivity index (χ4v) is 3.74. The van der Waals surface area contributed by atoms with Crippen molar-refractivity contribution < 1.29 is 19.4 Å². The van der Waals surface area contributed by atoms with Crippen LogP contribution >= 0.6 is 0 Å². The maximum absolute atomic E-state index is 12.2. The van der Waals surface area contributed by atoms with Gasteiger partial charge in [-0.25, -0.2) is 4.79 Å². The molecule has 1 N–H and O–H groups in total. The number of carboxylic acid groups (broad SMARTS) is 1. The van der Waals surface area contributed by atoms with Gasteiger partial charge < -0.3 is 14.7 Å². The summed E-state index contributed by atoms with van der Waals surface area (Å²) >= 11 is 0. The summed E-state index contributed by atoms with van der Waals surface area (Å²) in [6.45, 7) is 6.24. The van der Waals surface area contributed by atoms with E-state index in [4.69, 9.17) is 4.74 Å². The van der Waals surface area contributed by atoms with Crippen molar-refractivity contribution >= 4 is 12.1 Å². The highest BCUT2D eigenvalue weighted by atomic mass is 16.6. The van der Waals surface area contributed by atoms with Gasteiger partial charge >= 0.3 is 12.1 Å². The molecular formula is C17H30N2O4. The van der Waals surface area contributed by atoms with Gasteiger partial charge in [-0.15, -0.1) is 0 Å². The van der Waals surface area contributed by atoms with Crippen molar-refractivity contribution in [3.63, 3.8) is 0 Å². The monoisotopic (exact) mass is 326 g/mol. The van der Waals surface area contributed by atoms with E-state index in [1.165, 1.54) is 12.8 Å². The number of nitrogens with zero attached hydrogens (tertiary/aromatic N) is 2. The van der Waals surface area contributed by atoms with Gasteiger partial charge in [0.1, 0.15) is 5.60 Å². The lowest BCUT2D eigenvalue weighted by Gasteiger charge is -2.43. The Bertz CT molecular complexity index is 440. The summed E-state index contributed by atoms with van der Waals surface area (Å²) in [7, 11) is 2.04. The highest BCUT2D eigenvalue weighted by Crippen LogP contribution is 2.30. The molecule has 1 saturated carbocycles. The first-order valence-corrected chi connectivity index (χ1v) is 8.61. The highest BCUT2D eigenvalue weighted by molar-refractivity contribution is 5.74. The summed E-state index contributed by atoms with van der Waals surface area (Å²) in [5, 5.41) is 9.63. The molecule has 1 heterocycles. The van der Waals surface area contributed by atoms with Crippen molar-refractivity contribution in [3.8, 4) is 0 Å². The molecule has 2 rings (SSSR count). The van der Waals surface area contributed by atoms with Crippen molar-refractivity contribution in [1.82, 2.24) is 9.80 Å². The Hall–Kier alpha value is -1.30. The lowest BCUT2D eigenvalue weighted by molar-refractivity contribution is -0.146. The molecule has 23 heavy (non-hydrogen) atoms. The Balaban J connectivity index is 2.02. The zero-order chi connectivity index (χ0) is 17.2. The molecule has 1 amide bonds. The van der Waals surface area contributed by atoms with E-state index >= 15 is 0 Å². The number of likely N-dealkylation sites (tertiary alicyclic amines) is 1. The topological polar surface area (TPSA) is 70.1 Å². The second kappa shape index (κ2) is 7.07. The summed E-state index contributed by atoms with van der Waals surface area (Å²) in [4.78, 5) is 27.7. The number of carbonyl (C=O) groups is 2. The van der Waals surface area contributed by atoms with E-state index in [0.717, 1.165) is 12.8 Å². The first-order valence-electron chi connectivity index (χ1n) is 8.61. The van der Waals surface area contributed by atoms with E-state index in [1.807, 2.05) is 27.8 Å². The van der Waals surface area contributed by atoms with Gasteiger partial charge in [-0.3, -0.25) is 9.69 Å². The van der Waals surface area contributed by atoms with Crippen LogP contribution in [0.15, 0.2) is 0 Å². The van der Waals surface area contributed by atoms with E-state index in [1.54, 1.807) is 4.90 Å². The highest BCUT2D eigenvalue weighted by Gasteiger charge is 2.41. The van der Waals surface area contributed by atoms with Gasteiger partial charge in [-0.2, -0.15) is 0 Å². The van der Waals surface area contributed by atoms with E-state index in [0.29, 0.717) is 19.0 Å². The SMILES string of the molecule is CN(C1CCCC1)C1CCN(C(=O)OC(C)(C)C)CC1C(=O)O. The van der Waals surface area contributed by atoms with Crippen LogP contribution in [0.5, 0.6) is 0 Å². The maximum atomic E-state index is 12.2. The third kappa shape index (κ3) is 4.59. The molecule has 1 aliphatic heterocycles. The van der Waals surface area contributed by atoms with Crippen LogP contribution in [0.1, 0.15) is 52.9 Å². The smallest absolute Gasteiger partial charge is 0.410 e. The third-order valence-corrected chi connectivity index (χ3v) is 4.97. The van der Waals surface area contributed by atoms with Crippen molar-refractivity contribution in [3.05, 3.63) is 0 Å². The van der Waals surface area contributed by atoms with E-state index in [2.05, 4.69) is 4.90 Å². The number of aliphatic carboxylic acids is 1. The number of ether oxygens (including phenoxy) is 1. The lowest BCUT2D eigenvalue weighted by atomic mass is 9.90. The number of amides is 1. The van der Waals surface area contributed by atoms with Crippen LogP contribution in [0.25, 0.3) is 0 Å². The van der Waals surface area contributed by atoms with E-state index in [9.17, 15) is 14.7 Å². The number of hydrogen-bond donors (Lipinski definition) is 1. The molecule has 1 aliphatic carbocycles. The molecule has 132 valence electrons. The molecule has 0 bridgehead atoms. The zero-order valence-electron chi connectivity index (χ0n) is 14.7. The van der Waals surface area contributed by atoms with Crippen molar-refractivity contribution in [2.45, 2.75) is 70.6 Å². The standard InChI is InChI=1S/C17H30N2O4/c1-17(2,3)23-16(22)19-10-9-14(13(11-19)15(20)21)18(4)12-7-5-6-8-12/h12-14H,5-11H2,1-4H3,(H,20,21). The number of rotatable bonds is 3. The fraction of sp³-hybridized carbons (Fsp3) is 0.882. The molecular weight excluding hydrogens is 296 g/mol. The normalized spacial score (nSPS) is 26.6. The maximum Gasteiger partial charge on any atom is 0.410 e. The average Bonchev–Trinajstić information content (AvgIpc) is 2.98. The quantitative estimate of drug-likeness (QED) is 0.863. The van der Waals surface area contributed by atoms with Gasteiger partial charge in [-0.1, -0.05) is 12.8 Å². The van der Waals surface area contributed by atoms with Gasteiger partial charge in [0.15, 0.2) is 0 Å². The van der Waals surface area contributed by atoms with Crippen LogP contribution in [0, 0.1) is 5.92 Å². The molecule has 1 saturated heterocycles. The Morgan fingerprint density at radius 2 is 1.78 bits per heavy atom. The zero-order valence-corrected chi connectivity index (χ0v) is 14.7. The van der Waals surface area contributed by atoms with Gasteiger partial charge in [0.25, 0.3) is 0 Å². The summed E-state index contributed by atoms with van der Waals surface area (Å²) in [5.41, 5.74) is -0.562. The number of carbonyl (C=O) groups excluding carboxylic acids is 1. The van der Waals surface area contributed by atoms with E-state index < -0.39 is 23.6 Å². The average molecular weight is 326 g/mol. The molecule has 2 aliphatic rings. The predicted molar refractivity (Wildman–Crippen MR) is 87.4 cm³/mol. The first-order chi connectivity index (χ1) is 10.7. The van der Waals surface area contributed by atoms with Gasteiger partial charge in [-0.05, 0) is 47.1 Å². The molecule has 2 unspecified atom stereocenters. The summed E-state index contributed by atoms with van der Waals surface area (Å²) in [6.07, 6.45) is 5.02. The summed E-state index contributed by atoms with van der Waals surface area (Å²) < 4.78 is 5.38. The molecule has 0 spiro atoms. The van der Waals surface area contributed by atoms with Crippen LogP contribution in [-0.4, -0.2) is 64.8 Å². The van der Waals surface area contributed by atoms with Crippen molar-refractivity contribution in [2.24, 2.45) is 5.92 Å². The van der Waals surface area contributed by atoms with Crippen LogP contribution < -0.4 is 0 Å². The minimum absolute atomic E-state index is 0.00529. The molecule has 2 fully saturated rings. The van der Waals surface area contributed by atoms with Crippen molar-refractivity contribution in [2.75, 3.05) is 20.1 Å². The largest absolute Gasteiger partial charge is 0.481 e. The lowest BCUT2D eigenvalue weighted by Crippen LogP contribution is -2.56. The van der Waals surface area contributed by atoms with Gasteiger partial charge in [0.2, 0.25) is 0 Å². The second-order valence-electron chi connectivity index (χ2n) is 7.83. The minimum Gasteiger partial charge on any atom is -0.481 e. The van der Waals surface area contributed by atoms with Crippen LogP contribution in [-0.2, 0) is 9.53 Å². The Morgan fingerprint density at radius 3 is 2.30 bits per heavy atom. The summed E-state index contributed by atoms with van der Waals surface area (Å²) in [6, 6.07) is 0.476. The molecule has 0 aromatic carbocycles. The molecule has 0 aromatic heterocycles. The number of hydrogen-bond acceptors (Lipinski definition) is 4. The Kier molecular flexibility index (Phi) is 5.55. The molecule has 0 aromatic rings. The first kappa shape index (κ1) is 18.0. The Morgan fingerprint density at radius 1 is 1.17 bits per heavy atom. The molecule has 2 atom stereocenters. The minimum atomic E-state index is -0.826. The third-order valence-electron chi connectivity index (χ3n) is 4.97. The van der Waals surface area contributed by atoms with E-state index in [-0.39, 0.29) is 12.6 Å². The van der Waals surface area contributed by atoms with Gasteiger partial charge in [0, 0.05) is 25.2 Å². The molecule has 0 radical (unpaired) electrons. The second-order valence-corrected chi connectivity index (χ2v) is 7.83. The number of piperidine rings is 1. The van der Waals surface area contributed by atoms with Crippen LogP contribution in [0.2, 0.25) is 0 Å². The summed E-state index contributed by atoms with van der Waals surface area (Å²) in [5.74, 6) is -1.38. The Labute approximate surface area is 138 Å².